The number of methoxy groups -OCH3 is 1. The number of hydrogen-bond donors (Lipinski definition) is 1. The average molecular weight is 447 g/mol. The van der Waals surface area contributed by atoms with Crippen LogP contribution in [0.4, 0.5) is 0 Å². The number of carbonyl (C=O) groups excluding carboxylic acids is 2. The molecule has 3 aromatic carbocycles. The summed E-state index contributed by atoms with van der Waals surface area (Å²) in [4.78, 5) is 27.2. The van der Waals surface area contributed by atoms with Gasteiger partial charge in [0.05, 0.1) is 18.9 Å². The number of amides is 2. The fraction of sp³-hybridized carbons (Fsp3) is 0.231. The van der Waals surface area contributed by atoms with E-state index in [0.717, 1.165) is 22.4 Å². The summed E-state index contributed by atoms with van der Waals surface area (Å²) < 4.78 is 5.40. The van der Waals surface area contributed by atoms with Crippen molar-refractivity contribution in [3.05, 3.63) is 101 Å². The number of nitrogens with one attached hydrogen (secondary N) is 1. The Balaban J connectivity index is 1.45. The lowest BCUT2D eigenvalue weighted by Gasteiger charge is -2.24. The lowest BCUT2D eigenvalue weighted by molar-refractivity contribution is -0.128. The Morgan fingerprint density at radius 3 is 2.47 bits per heavy atom. The zero-order valence-corrected chi connectivity index (χ0v) is 19.0. The molecule has 164 valence electrons. The van der Waals surface area contributed by atoms with E-state index in [2.05, 4.69) is 5.32 Å². The van der Waals surface area contributed by atoms with Crippen molar-refractivity contribution in [2.75, 3.05) is 12.9 Å². The third kappa shape index (κ3) is 4.81. The van der Waals surface area contributed by atoms with E-state index in [4.69, 9.17) is 4.74 Å². The number of carbonyl (C=O) groups is 2. The van der Waals surface area contributed by atoms with Crippen LogP contribution in [0.5, 0.6) is 5.75 Å². The summed E-state index contributed by atoms with van der Waals surface area (Å²) in [6.45, 7) is 2.52. The van der Waals surface area contributed by atoms with Crippen LogP contribution in [0.2, 0.25) is 0 Å². The maximum Gasteiger partial charge on any atom is 0.251 e. The number of benzene rings is 3. The molecular weight excluding hydrogens is 420 g/mol. The molecule has 1 heterocycles. The van der Waals surface area contributed by atoms with Crippen LogP contribution in [-0.4, -0.2) is 29.6 Å². The van der Waals surface area contributed by atoms with Gasteiger partial charge in [0.1, 0.15) is 11.1 Å². The number of rotatable bonds is 7. The molecule has 0 aromatic heterocycles. The van der Waals surface area contributed by atoms with Crippen molar-refractivity contribution in [2.24, 2.45) is 0 Å². The molecule has 1 aliphatic rings. The molecular formula is C26H26N2O3S. The summed E-state index contributed by atoms with van der Waals surface area (Å²) in [5.74, 6) is 1.20. The molecule has 4 rings (SSSR count). The minimum absolute atomic E-state index is 0.0488. The van der Waals surface area contributed by atoms with E-state index in [1.165, 1.54) is 0 Å². The SMILES string of the molecule is COc1ccccc1[C@@H](C)NC(=O)c1ccc([C@@H]2SCC(=O)N2Cc2ccccc2)cc1. The lowest BCUT2D eigenvalue weighted by atomic mass is 10.1. The topological polar surface area (TPSA) is 58.6 Å². The van der Waals surface area contributed by atoms with E-state index in [1.54, 1.807) is 18.9 Å². The molecule has 1 aliphatic heterocycles. The quantitative estimate of drug-likeness (QED) is 0.557. The van der Waals surface area contributed by atoms with E-state index in [-0.39, 0.29) is 23.2 Å². The summed E-state index contributed by atoms with van der Waals surface area (Å²) in [5, 5.41) is 2.99. The van der Waals surface area contributed by atoms with Crippen molar-refractivity contribution in [2.45, 2.75) is 24.9 Å². The number of nitrogens with zero attached hydrogens (tertiary/aromatic N) is 1. The molecule has 2 amide bonds. The number of ether oxygens (including phenoxy) is 1. The normalized spacial score (nSPS) is 16.6. The van der Waals surface area contributed by atoms with Gasteiger partial charge in [0.25, 0.3) is 5.91 Å². The van der Waals surface area contributed by atoms with E-state index in [9.17, 15) is 9.59 Å². The van der Waals surface area contributed by atoms with Gasteiger partial charge in [0.2, 0.25) is 5.91 Å². The minimum atomic E-state index is -0.192. The third-order valence-corrected chi connectivity index (χ3v) is 6.83. The maximum absolute atomic E-state index is 12.8. The molecule has 5 nitrogen and oxygen atoms in total. The molecule has 0 aliphatic carbocycles. The predicted molar refractivity (Wildman–Crippen MR) is 128 cm³/mol. The van der Waals surface area contributed by atoms with Gasteiger partial charge in [-0.2, -0.15) is 0 Å². The van der Waals surface area contributed by atoms with Gasteiger partial charge in [-0.15, -0.1) is 11.8 Å². The molecule has 1 fully saturated rings. The highest BCUT2D eigenvalue weighted by Gasteiger charge is 2.32. The molecule has 0 spiro atoms. The summed E-state index contributed by atoms with van der Waals surface area (Å²) in [6.07, 6.45) is 0. The van der Waals surface area contributed by atoms with Crippen LogP contribution in [0, 0.1) is 0 Å². The fourth-order valence-corrected chi connectivity index (χ4v) is 5.05. The standard InChI is InChI=1S/C26H26N2O3S/c1-18(22-10-6-7-11-23(22)31-2)27-25(30)20-12-14-21(15-13-20)26-28(24(29)17-32-26)16-19-8-4-3-5-9-19/h3-15,18,26H,16-17H2,1-2H3,(H,27,30)/t18-,26+/m1/s1. The van der Waals surface area contributed by atoms with Crippen LogP contribution >= 0.6 is 11.8 Å². The molecule has 0 unspecified atom stereocenters. The van der Waals surface area contributed by atoms with Crippen molar-refractivity contribution in [1.82, 2.24) is 10.2 Å². The molecule has 32 heavy (non-hydrogen) atoms. The molecule has 2 atom stereocenters. The van der Waals surface area contributed by atoms with Crippen molar-refractivity contribution >= 4 is 23.6 Å². The van der Waals surface area contributed by atoms with Crippen LogP contribution in [0.25, 0.3) is 0 Å². The van der Waals surface area contributed by atoms with E-state index < -0.39 is 0 Å². The second-order valence-corrected chi connectivity index (χ2v) is 8.80. The first kappa shape index (κ1) is 22.0. The Kier molecular flexibility index (Phi) is 6.81. The Morgan fingerprint density at radius 2 is 1.75 bits per heavy atom. The molecule has 1 N–H and O–H groups in total. The van der Waals surface area contributed by atoms with Crippen molar-refractivity contribution in [3.8, 4) is 5.75 Å². The second kappa shape index (κ2) is 9.92. The molecule has 0 bridgehead atoms. The van der Waals surface area contributed by atoms with Crippen LogP contribution < -0.4 is 10.1 Å². The largest absolute Gasteiger partial charge is 0.496 e. The van der Waals surface area contributed by atoms with Crippen LogP contribution in [-0.2, 0) is 11.3 Å². The Morgan fingerprint density at radius 1 is 1.06 bits per heavy atom. The lowest BCUT2D eigenvalue weighted by Crippen LogP contribution is -2.28. The van der Waals surface area contributed by atoms with Crippen LogP contribution in [0.15, 0.2) is 78.9 Å². The molecule has 1 saturated heterocycles. The first-order chi connectivity index (χ1) is 15.6. The number of para-hydroxylation sites is 1. The van der Waals surface area contributed by atoms with Gasteiger partial charge in [-0.1, -0.05) is 60.7 Å². The van der Waals surface area contributed by atoms with Gasteiger partial charge in [-0.3, -0.25) is 9.59 Å². The smallest absolute Gasteiger partial charge is 0.251 e. The highest BCUT2D eigenvalue weighted by atomic mass is 32.2. The summed E-state index contributed by atoms with van der Waals surface area (Å²) >= 11 is 1.62. The maximum atomic E-state index is 12.8. The monoisotopic (exact) mass is 446 g/mol. The minimum Gasteiger partial charge on any atom is -0.496 e. The molecule has 0 saturated carbocycles. The summed E-state index contributed by atoms with van der Waals surface area (Å²) in [7, 11) is 1.62. The summed E-state index contributed by atoms with van der Waals surface area (Å²) in [6, 6.07) is 25.0. The predicted octanol–water partition coefficient (Wildman–Crippen LogP) is 4.96. The Labute approximate surface area is 192 Å². The van der Waals surface area contributed by atoms with Gasteiger partial charge < -0.3 is 15.0 Å². The van der Waals surface area contributed by atoms with Gasteiger partial charge >= 0.3 is 0 Å². The summed E-state index contributed by atoms with van der Waals surface area (Å²) in [5.41, 5.74) is 3.64. The first-order valence-electron chi connectivity index (χ1n) is 10.6. The highest BCUT2D eigenvalue weighted by molar-refractivity contribution is 8.00. The zero-order chi connectivity index (χ0) is 22.5. The van der Waals surface area contributed by atoms with Crippen molar-refractivity contribution in [3.63, 3.8) is 0 Å². The van der Waals surface area contributed by atoms with Gasteiger partial charge in [0, 0.05) is 17.7 Å². The Bertz CT molecular complexity index is 1090. The Hall–Kier alpha value is -3.25. The van der Waals surface area contributed by atoms with Crippen molar-refractivity contribution in [1.29, 1.82) is 0 Å². The van der Waals surface area contributed by atoms with Gasteiger partial charge in [-0.25, -0.2) is 0 Å². The number of hydrogen-bond acceptors (Lipinski definition) is 4. The van der Waals surface area contributed by atoms with Crippen LogP contribution in [0.1, 0.15) is 45.4 Å². The van der Waals surface area contributed by atoms with E-state index in [1.807, 2.05) is 90.7 Å². The molecule has 0 radical (unpaired) electrons. The number of thioether (sulfide) groups is 1. The second-order valence-electron chi connectivity index (χ2n) is 7.73. The van der Waals surface area contributed by atoms with Crippen LogP contribution in [0.3, 0.4) is 0 Å². The van der Waals surface area contributed by atoms with E-state index in [0.29, 0.717) is 17.9 Å². The molecule has 3 aromatic rings. The van der Waals surface area contributed by atoms with Gasteiger partial charge in [-0.05, 0) is 36.2 Å². The van der Waals surface area contributed by atoms with E-state index >= 15 is 0 Å². The van der Waals surface area contributed by atoms with Crippen molar-refractivity contribution < 1.29 is 14.3 Å². The highest BCUT2D eigenvalue weighted by Crippen LogP contribution is 2.39. The average Bonchev–Trinajstić information content (AvgIpc) is 3.19. The first-order valence-corrected chi connectivity index (χ1v) is 11.6. The van der Waals surface area contributed by atoms with Gasteiger partial charge in [0.15, 0.2) is 0 Å². The fourth-order valence-electron chi connectivity index (χ4n) is 3.86. The zero-order valence-electron chi connectivity index (χ0n) is 18.2. The molecule has 6 heteroatoms. The third-order valence-electron chi connectivity index (χ3n) is 5.57.